The van der Waals surface area contributed by atoms with Crippen molar-refractivity contribution in [3.8, 4) is 11.5 Å². The van der Waals surface area contributed by atoms with E-state index in [1.54, 1.807) is 24.4 Å². The molecular weight excluding hydrogens is 452 g/mol. The summed E-state index contributed by atoms with van der Waals surface area (Å²) in [7, 11) is 0. The number of hydrogen-bond acceptors (Lipinski definition) is 7. The Kier molecular flexibility index (Phi) is 8.15. The topological polar surface area (TPSA) is 119 Å². The van der Waals surface area contributed by atoms with Crippen LogP contribution in [0.5, 0.6) is 11.5 Å². The molecule has 3 heterocycles. The quantitative estimate of drug-likeness (QED) is 0.533. The summed E-state index contributed by atoms with van der Waals surface area (Å²) in [4.78, 5) is 43.6. The van der Waals surface area contributed by atoms with E-state index in [1.807, 2.05) is 19.1 Å². The molecule has 4 rings (SSSR count). The lowest BCUT2D eigenvalue weighted by Gasteiger charge is -2.23. The maximum atomic E-state index is 13.1. The number of carbonyl (C=O) groups is 3. The Bertz CT molecular complexity index is 1070. The summed E-state index contributed by atoms with van der Waals surface area (Å²) in [6.07, 6.45) is 3.44. The van der Waals surface area contributed by atoms with Crippen molar-refractivity contribution in [2.24, 2.45) is 0 Å². The lowest BCUT2D eigenvalue weighted by Crippen LogP contribution is -2.42. The van der Waals surface area contributed by atoms with Crippen molar-refractivity contribution in [3.05, 3.63) is 47.7 Å². The smallest absolute Gasteiger partial charge is 0.239 e. The molecule has 10 nitrogen and oxygen atoms in total. The predicted octanol–water partition coefficient (Wildman–Crippen LogP) is 2.16. The van der Waals surface area contributed by atoms with Crippen LogP contribution in [0.25, 0.3) is 0 Å². The summed E-state index contributed by atoms with van der Waals surface area (Å²) in [5.41, 5.74) is 1.76. The number of amides is 3. The lowest BCUT2D eigenvalue weighted by molar-refractivity contribution is -0.137. The molecule has 10 heteroatoms. The van der Waals surface area contributed by atoms with E-state index in [2.05, 4.69) is 15.6 Å². The number of aryl methyl sites for hydroxylation is 1. The van der Waals surface area contributed by atoms with Gasteiger partial charge in [0.25, 0.3) is 0 Å². The van der Waals surface area contributed by atoms with Crippen molar-refractivity contribution in [1.82, 2.24) is 15.2 Å². The molecule has 186 valence electrons. The van der Waals surface area contributed by atoms with Crippen molar-refractivity contribution in [3.63, 3.8) is 0 Å². The highest BCUT2D eigenvalue weighted by Gasteiger charge is 2.22. The molecule has 1 aromatic heterocycles. The van der Waals surface area contributed by atoms with Crippen LogP contribution in [-0.2, 0) is 25.7 Å². The van der Waals surface area contributed by atoms with E-state index in [0.717, 1.165) is 24.0 Å². The largest absolute Gasteiger partial charge is 0.454 e. The van der Waals surface area contributed by atoms with E-state index in [4.69, 9.17) is 14.2 Å². The number of fused-ring (bicyclic) bond motifs is 1. The van der Waals surface area contributed by atoms with Gasteiger partial charge in [0, 0.05) is 38.7 Å². The fourth-order valence-electron chi connectivity index (χ4n) is 3.94. The second-order valence-corrected chi connectivity index (χ2v) is 8.64. The molecule has 2 aliphatic heterocycles. The monoisotopic (exact) mass is 482 g/mol. The molecule has 35 heavy (non-hydrogen) atoms. The average Bonchev–Trinajstić information content (AvgIpc) is 3.52. The van der Waals surface area contributed by atoms with Gasteiger partial charge in [0.2, 0.25) is 24.5 Å². The first-order valence-corrected chi connectivity index (χ1v) is 11.7. The molecule has 1 aromatic carbocycles. The summed E-state index contributed by atoms with van der Waals surface area (Å²) in [5, 5.41) is 5.55. The number of rotatable bonds is 10. The molecule has 0 bridgehead atoms. The number of hydrogen-bond donors (Lipinski definition) is 2. The van der Waals surface area contributed by atoms with Crippen molar-refractivity contribution < 1.29 is 28.6 Å². The highest BCUT2D eigenvalue weighted by molar-refractivity contribution is 5.93. The zero-order chi connectivity index (χ0) is 24.6. The van der Waals surface area contributed by atoms with Crippen LogP contribution in [0.2, 0.25) is 0 Å². The van der Waals surface area contributed by atoms with Gasteiger partial charge in [-0.05, 0) is 55.2 Å². The minimum Gasteiger partial charge on any atom is -0.454 e. The SMILES string of the molecule is Cc1ccnc(NC(=O)CCC(=O)N(CC(=O)NC[C@@H]2CCCO2)Cc2ccc3c(c2)OCO3)c1. The summed E-state index contributed by atoms with van der Waals surface area (Å²) in [5.74, 6) is 0.783. The Morgan fingerprint density at radius 3 is 2.74 bits per heavy atom. The molecule has 2 aromatic rings. The number of ether oxygens (including phenoxy) is 3. The van der Waals surface area contributed by atoms with Gasteiger partial charge in [0.1, 0.15) is 5.82 Å². The Labute approximate surface area is 203 Å². The average molecular weight is 483 g/mol. The zero-order valence-electron chi connectivity index (χ0n) is 19.7. The van der Waals surface area contributed by atoms with Crippen LogP contribution in [-0.4, -0.2) is 60.2 Å². The van der Waals surface area contributed by atoms with Crippen molar-refractivity contribution in [2.45, 2.75) is 45.3 Å². The number of nitrogens with one attached hydrogen (secondary N) is 2. The second-order valence-electron chi connectivity index (χ2n) is 8.64. The number of carbonyl (C=O) groups excluding carboxylic acids is 3. The van der Waals surface area contributed by atoms with E-state index in [0.29, 0.717) is 30.5 Å². The van der Waals surface area contributed by atoms with E-state index >= 15 is 0 Å². The van der Waals surface area contributed by atoms with Crippen LogP contribution in [0.3, 0.4) is 0 Å². The maximum absolute atomic E-state index is 13.1. The Morgan fingerprint density at radius 1 is 1.09 bits per heavy atom. The first kappa shape index (κ1) is 24.5. The van der Waals surface area contributed by atoms with Crippen LogP contribution < -0.4 is 20.1 Å². The molecule has 2 aliphatic rings. The Hall–Kier alpha value is -3.66. The maximum Gasteiger partial charge on any atom is 0.239 e. The van der Waals surface area contributed by atoms with E-state index in [-0.39, 0.29) is 56.5 Å². The van der Waals surface area contributed by atoms with Crippen LogP contribution in [0.1, 0.15) is 36.8 Å². The molecule has 0 spiro atoms. The van der Waals surface area contributed by atoms with Crippen molar-refractivity contribution in [2.75, 3.05) is 31.8 Å². The first-order valence-electron chi connectivity index (χ1n) is 11.7. The van der Waals surface area contributed by atoms with Gasteiger partial charge in [-0.1, -0.05) is 6.07 Å². The van der Waals surface area contributed by atoms with Gasteiger partial charge < -0.3 is 29.7 Å². The predicted molar refractivity (Wildman–Crippen MR) is 127 cm³/mol. The molecule has 1 saturated heterocycles. The van der Waals surface area contributed by atoms with Crippen LogP contribution in [0.15, 0.2) is 36.5 Å². The molecule has 1 atom stereocenters. The highest BCUT2D eigenvalue weighted by atomic mass is 16.7. The number of anilines is 1. The fourth-order valence-corrected chi connectivity index (χ4v) is 3.94. The molecule has 0 unspecified atom stereocenters. The van der Waals surface area contributed by atoms with Gasteiger partial charge in [-0.15, -0.1) is 0 Å². The summed E-state index contributed by atoms with van der Waals surface area (Å²) < 4.78 is 16.3. The summed E-state index contributed by atoms with van der Waals surface area (Å²) in [6.45, 7) is 3.24. The standard InChI is InChI=1S/C25H30N4O6/c1-17-8-9-26-22(11-17)28-23(30)6-7-25(32)29(15-24(31)27-13-19-3-2-10-33-19)14-18-4-5-20-21(12-18)35-16-34-20/h4-5,8-9,11-12,19H,2-3,6-7,10,13-16H2,1H3,(H,27,31)(H,26,28,30)/t19-/m0/s1. The van der Waals surface area contributed by atoms with Crippen LogP contribution in [0.4, 0.5) is 5.82 Å². The third-order valence-electron chi connectivity index (χ3n) is 5.80. The zero-order valence-corrected chi connectivity index (χ0v) is 19.7. The molecule has 0 radical (unpaired) electrons. The Morgan fingerprint density at radius 2 is 1.94 bits per heavy atom. The van der Waals surface area contributed by atoms with E-state index in [9.17, 15) is 14.4 Å². The van der Waals surface area contributed by atoms with Crippen molar-refractivity contribution >= 4 is 23.5 Å². The van der Waals surface area contributed by atoms with E-state index < -0.39 is 0 Å². The molecule has 1 fully saturated rings. The van der Waals surface area contributed by atoms with Gasteiger partial charge in [-0.2, -0.15) is 0 Å². The minimum atomic E-state index is -0.317. The van der Waals surface area contributed by atoms with Crippen LogP contribution in [0, 0.1) is 6.92 Å². The molecule has 3 amide bonds. The normalized spacial score (nSPS) is 16.1. The number of aromatic nitrogens is 1. The number of nitrogens with zero attached hydrogens (tertiary/aromatic N) is 2. The van der Waals surface area contributed by atoms with Crippen LogP contribution >= 0.6 is 0 Å². The van der Waals surface area contributed by atoms with Gasteiger partial charge in [-0.3, -0.25) is 14.4 Å². The highest BCUT2D eigenvalue weighted by Crippen LogP contribution is 2.32. The molecular formula is C25H30N4O6. The summed E-state index contributed by atoms with van der Waals surface area (Å²) >= 11 is 0. The van der Waals surface area contributed by atoms with Gasteiger partial charge in [-0.25, -0.2) is 4.98 Å². The fraction of sp³-hybridized carbons (Fsp3) is 0.440. The first-order chi connectivity index (χ1) is 17.0. The van der Waals surface area contributed by atoms with Crippen molar-refractivity contribution in [1.29, 1.82) is 0 Å². The van der Waals surface area contributed by atoms with E-state index in [1.165, 1.54) is 4.90 Å². The molecule has 2 N–H and O–H groups in total. The van der Waals surface area contributed by atoms with Gasteiger partial charge >= 0.3 is 0 Å². The third-order valence-corrected chi connectivity index (χ3v) is 5.80. The van der Waals surface area contributed by atoms with Gasteiger partial charge in [0.05, 0.1) is 12.6 Å². The number of benzene rings is 1. The molecule has 0 aliphatic carbocycles. The summed E-state index contributed by atoms with van der Waals surface area (Å²) in [6, 6.07) is 8.98. The van der Waals surface area contributed by atoms with Gasteiger partial charge in [0.15, 0.2) is 11.5 Å². The Balaban J connectivity index is 1.35. The number of pyridine rings is 1. The lowest BCUT2D eigenvalue weighted by atomic mass is 10.1. The second kappa shape index (κ2) is 11.7. The third kappa shape index (κ3) is 7.16. The minimum absolute atomic E-state index is 0.0101. The molecule has 0 saturated carbocycles.